The second kappa shape index (κ2) is 5.33. The van der Waals surface area contributed by atoms with Crippen LogP contribution in [0.3, 0.4) is 0 Å². The number of nitrogens with two attached hydrogens (primary N) is 1. The summed E-state index contributed by atoms with van der Waals surface area (Å²) in [6.45, 7) is 2.22. The van der Waals surface area contributed by atoms with Gasteiger partial charge in [-0.05, 0) is 25.1 Å². The fourth-order valence-corrected chi connectivity index (χ4v) is 3.70. The predicted octanol–water partition coefficient (Wildman–Crippen LogP) is 3.70. The molecule has 0 aliphatic heterocycles. The molecular weight excluding hydrogens is 329 g/mol. The Morgan fingerprint density at radius 2 is 2.00 bits per heavy atom. The molecule has 1 aromatic carbocycles. The third-order valence-corrected chi connectivity index (χ3v) is 4.96. The molecule has 0 aliphatic rings. The molecule has 0 atom stereocenters. The summed E-state index contributed by atoms with van der Waals surface area (Å²) in [7, 11) is 0. The first-order chi connectivity index (χ1) is 9.97. The zero-order valence-corrected chi connectivity index (χ0v) is 13.4. The van der Waals surface area contributed by atoms with Gasteiger partial charge in [0, 0.05) is 20.5 Å². The highest BCUT2D eigenvalue weighted by atomic mass is 35.5. The Hall–Kier alpha value is -1.56. The van der Waals surface area contributed by atoms with E-state index in [1.54, 1.807) is 22.8 Å². The molecule has 3 aromatic rings. The summed E-state index contributed by atoms with van der Waals surface area (Å²) in [6.07, 6.45) is 0. The van der Waals surface area contributed by atoms with E-state index in [1.807, 2.05) is 13.0 Å². The molecule has 0 saturated carbocycles. The van der Waals surface area contributed by atoms with E-state index in [0.29, 0.717) is 15.6 Å². The van der Waals surface area contributed by atoms with Crippen molar-refractivity contribution in [1.29, 1.82) is 0 Å². The van der Waals surface area contributed by atoms with Gasteiger partial charge in [-0.2, -0.15) is 4.98 Å². The van der Waals surface area contributed by atoms with Gasteiger partial charge in [0.25, 0.3) is 0 Å². The van der Waals surface area contributed by atoms with E-state index in [1.165, 1.54) is 11.3 Å². The molecule has 108 valence electrons. The highest BCUT2D eigenvalue weighted by molar-refractivity contribution is 7.18. The molecule has 0 amide bonds. The molecule has 0 unspecified atom stereocenters. The van der Waals surface area contributed by atoms with Gasteiger partial charge in [0.05, 0.1) is 11.9 Å². The Labute approximate surface area is 134 Å². The minimum atomic E-state index is -0.405. The number of rotatable bonds is 2. The van der Waals surface area contributed by atoms with Crippen molar-refractivity contribution >= 4 is 50.6 Å². The van der Waals surface area contributed by atoms with Crippen molar-refractivity contribution in [3.05, 3.63) is 55.2 Å². The first-order valence-electron chi connectivity index (χ1n) is 6.16. The fourth-order valence-electron chi connectivity index (χ4n) is 2.18. The van der Waals surface area contributed by atoms with E-state index in [2.05, 4.69) is 4.98 Å². The number of hydrogen-bond acceptors (Lipinski definition) is 4. The Balaban J connectivity index is 2.24. The molecule has 4 nitrogen and oxygen atoms in total. The number of benzene rings is 1. The molecule has 2 N–H and O–H groups in total. The summed E-state index contributed by atoms with van der Waals surface area (Å²) in [6, 6.07) is 7.18. The number of thiophene rings is 1. The molecule has 3 rings (SSSR count). The lowest BCUT2D eigenvalue weighted by Gasteiger charge is -2.10. The van der Waals surface area contributed by atoms with Crippen LogP contribution in [0.5, 0.6) is 0 Å². The lowest BCUT2D eigenvalue weighted by Crippen LogP contribution is -2.24. The van der Waals surface area contributed by atoms with Crippen molar-refractivity contribution < 1.29 is 0 Å². The van der Waals surface area contributed by atoms with Gasteiger partial charge in [0.15, 0.2) is 0 Å². The maximum absolute atomic E-state index is 12.2. The number of aromatic nitrogens is 2. The van der Waals surface area contributed by atoms with Crippen LogP contribution in [0.15, 0.2) is 29.1 Å². The summed E-state index contributed by atoms with van der Waals surface area (Å²) >= 11 is 13.9. The van der Waals surface area contributed by atoms with Gasteiger partial charge in [-0.3, -0.25) is 4.57 Å². The highest BCUT2D eigenvalue weighted by Crippen LogP contribution is 2.30. The largest absolute Gasteiger partial charge is 0.383 e. The van der Waals surface area contributed by atoms with Gasteiger partial charge in [-0.1, -0.05) is 29.3 Å². The van der Waals surface area contributed by atoms with Gasteiger partial charge >= 0.3 is 5.69 Å². The Bertz CT molecular complexity index is 881. The third-order valence-electron chi connectivity index (χ3n) is 3.18. The zero-order chi connectivity index (χ0) is 15.1. The minimum Gasteiger partial charge on any atom is -0.383 e. The zero-order valence-electron chi connectivity index (χ0n) is 11.1. The number of aryl methyl sites for hydroxylation is 1. The summed E-state index contributed by atoms with van der Waals surface area (Å²) < 4.78 is 1.55. The molecule has 0 bridgehead atoms. The van der Waals surface area contributed by atoms with E-state index >= 15 is 0 Å². The number of halogens is 2. The Morgan fingerprint density at radius 3 is 2.67 bits per heavy atom. The van der Waals surface area contributed by atoms with Crippen LogP contribution in [0.25, 0.3) is 10.2 Å². The summed E-state index contributed by atoms with van der Waals surface area (Å²) in [4.78, 5) is 17.9. The van der Waals surface area contributed by atoms with E-state index in [-0.39, 0.29) is 12.4 Å². The van der Waals surface area contributed by atoms with Crippen LogP contribution >= 0.6 is 34.5 Å². The lowest BCUT2D eigenvalue weighted by molar-refractivity contribution is 0.770. The average molecular weight is 340 g/mol. The lowest BCUT2D eigenvalue weighted by atomic mass is 10.2. The monoisotopic (exact) mass is 339 g/mol. The van der Waals surface area contributed by atoms with Crippen molar-refractivity contribution in [2.75, 3.05) is 5.73 Å². The maximum Gasteiger partial charge on any atom is 0.350 e. The number of hydrogen-bond donors (Lipinski definition) is 1. The molecule has 2 aromatic heterocycles. The van der Waals surface area contributed by atoms with Crippen LogP contribution in [0.1, 0.15) is 10.4 Å². The van der Waals surface area contributed by atoms with Crippen LogP contribution in [-0.2, 0) is 6.54 Å². The van der Waals surface area contributed by atoms with E-state index < -0.39 is 5.69 Å². The standard InChI is InChI=1S/C14H11Cl2N3OS/c1-7-5-8-12(17)18-14(20)19(13(8)21-7)6-9-10(15)3-2-4-11(9)16/h2-5H,6H2,1H3,(H2,17,18,20). The highest BCUT2D eigenvalue weighted by Gasteiger charge is 2.14. The third kappa shape index (κ3) is 2.52. The van der Waals surface area contributed by atoms with Gasteiger partial charge in [0.2, 0.25) is 0 Å². The van der Waals surface area contributed by atoms with Crippen molar-refractivity contribution in [3.8, 4) is 0 Å². The predicted molar refractivity (Wildman–Crippen MR) is 88.6 cm³/mol. The Morgan fingerprint density at radius 1 is 1.33 bits per heavy atom. The van der Waals surface area contributed by atoms with Crippen molar-refractivity contribution in [2.24, 2.45) is 0 Å². The second-order valence-electron chi connectivity index (χ2n) is 4.64. The first-order valence-corrected chi connectivity index (χ1v) is 7.74. The number of nitrogen functional groups attached to an aromatic ring is 1. The van der Waals surface area contributed by atoms with Crippen molar-refractivity contribution in [3.63, 3.8) is 0 Å². The number of fused-ring (bicyclic) bond motifs is 1. The van der Waals surface area contributed by atoms with Gasteiger partial charge in [-0.15, -0.1) is 11.3 Å². The SMILES string of the molecule is Cc1cc2c(N)nc(=O)n(Cc3c(Cl)cccc3Cl)c2s1. The van der Waals surface area contributed by atoms with Crippen LogP contribution in [0.4, 0.5) is 5.82 Å². The van der Waals surface area contributed by atoms with Crippen LogP contribution < -0.4 is 11.4 Å². The quantitative estimate of drug-likeness (QED) is 0.774. The van der Waals surface area contributed by atoms with Crippen LogP contribution in [0, 0.1) is 6.92 Å². The van der Waals surface area contributed by atoms with Crippen molar-refractivity contribution in [1.82, 2.24) is 9.55 Å². The summed E-state index contributed by atoms with van der Waals surface area (Å²) in [5, 5.41) is 1.82. The molecule has 0 fully saturated rings. The minimum absolute atomic E-state index is 0.251. The fraction of sp³-hybridized carbons (Fsp3) is 0.143. The van der Waals surface area contributed by atoms with Crippen LogP contribution in [-0.4, -0.2) is 9.55 Å². The summed E-state index contributed by atoms with van der Waals surface area (Å²) in [5.41, 5.74) is 6.11. The van der Waals surface area contributed by atoms with E-state index in [9.17, 15) is 4.79 Å². The van der Waals surface area contributed by atoms with E-state index in [0.717, 1.165) is 15.1 Å². The molecular formula is C14H11Cl2N3OS. The number of nitrogens with zero attached hydrogens (tertiary/aromatic N) is 2. The molecule has 2 heterocycles. The average Bonchev–Trinajstić information content (AvgIpc) is 2.79. The topological polar surface area (TPSA) is 60.9 Å². The van der Waals surface area contributed by atoms with Gasteiger partial charge in [0.1, 0.15) is 10.6 Å². The molecule has 0 radical (unpaired) electrons. The normalized spacial score (nSPS) is 11.2. The van der Waals surface area contributed by atoms with Gasteiger partial charge in [-0.25, -0.2) is 4.79 Å². The Kier molecular flexibility index (Phi) is 3.65. The number of anilines is 1. The van der Waals surface area contributed by atoms with Gasteiger partial charge < -0.3 is 5.73 Å². The van der Waals surface area contributed by atoms with Crippen LogP contribution in [0.2, 0.25) is 10.0 Å². The van der Waals surface area contributed by atoms with Crippen molar-refractivity contribution in [2.45, 2.75) is 13.5 Å². The molecule has 21 heavy (non-hydrogen) atoms. The molecule has 7 heteroatoms. The second-order valence-corrected chi connectivity index (χ2v) is 6.69. The molecule has 0 saturated heterocycles. The smallest absolute Gasteiger partial charge is 0.350 e. The maximum atomic E-state index is 12.2. The summed E-state index contributed by atoms with van der Waals surface area (Å²) in [5.74, 6) is 0.251. The molecule has 0 spiro atoms. The first kappa shape index (κ1) is 14.4. The molecule has 0 aliphatic carbocycles. The van der Waals surface area contributed by atoms with E-state index in [4.69, 9.17) is 28.9 Å².